The van der Waals surface area contributed by atoms with Gasteiger partial charge in [-0.25, -0.2) is 4.39 Å². The van der Waals surface area contributed by atoms with Crippen molar-refractivity contribution in [1.82, 2.24) is 0 Å². The Bertz CT molecular complexity index is 495. The van der Waals surface area contributed by atoms with Gasteiger partial charge in [0.15, 0.2) is 0 Å². The first kappa shape index (κ1) is 10.6. The fourth-order valence-electron chi connectivity index (χ4n) is 1.66. The van der Waals surface area contributed by atoms with Crippen LogP contribution in [0.1, 0.15) is 15.9 Å². The number of carbonyl (C=O) groups excluding carboxylic acids is 1. The standard InChI is InChI=1S/C14H11FO/c1-10-6-13(8-14(15)7-10)12-4-2-11(9-16)3-5-12/h2-9H,1H3. The van der Waals surface area contributed by atoms with Crippen LogP contribution in [0.3, 0.4) is 0 Å². The largest absolute Gasteiger partial charge is 0.298 e. The minimum absolute atomic E-state index is 0.241. The molecule has 0 aromatic heterocycles. The Morgan fingerprint density at radius 1 is 1.00 bits per heavy atom. The molecule has 0 N–H and O–H groups in total. The number of hydrogen-bond acceptors (Lipinski definition) is 1. The molecule has 1 nitrogen and oxygen atoms in total. The fourth-order valence-corrected chi connectivity index (χ4v) is 1.66. The monoisotopic (exact) mass is 214 g/mol. The van der Waals surface area contributed by atoms with Crippen molar-refractivity contribution in [1.29, 1.82) is 0 Å². The number of hydrogen-bond donors (Lipinski definition) is 0. The molecule has 2 aromatic carbocycles. The van der Waals surface area contributed by atoms with Crippen molar-refractivity contribution in [2.24, 2.45) is 0 Å². The normalized spacial score (nSPS) is 10.1. The van der Waals surface area contributed by atoms with Gasteiger partial charge in [0, 0.05) is 5.56 Å². The summed E-state index contributed by atoms with van der Waals surface area (Å²) in [6.45, 7) is 1.85. The molecule has 0 aliphatic carbocycles. The van der Waals surface area contributed by atoms with Crippen molar-refractivity contribution >= 4 is 6.29 Å². The molecular weight excluding hydrogens is 203 g/mol. The second-order valence-electron chi connectivity index (χ2n) is 3.76. The van der Waals surface area contributed by atoms with Gasteiger partial charge in [-0.2, -0.15) is 0 Å². The van der Waals surface area contributed by atoms with Crippen LogP contribution in [-0.2, 0) is 0 Å². The number of benzene rings is 2. The first-order valence-corrected chi connectivity index (χ1v) is 5.02. The van der Waals surface area contributed by atoms with E-state index in [2.05, 4.69) is 0 Å². The number of aldehydes is 1. The van der Waals surface area contributed by atoms with Crippen LogP contribution in [0.5, 0.6) is 0 Å². The third kappa shape index (κ3) is 2.16. The quantitative estimate of drug-likeness (QED) is 0.698. The molecule has 0 spiro atoms. The molecule has 0 saturated heterocycles. The van der Waals surface area contributed by atoms with Crippen LogP contribution in [0.4, 0.5) is 4.39 Å². The van der Waals surface area contributed by atoms with Gasteiger partial charge >= 0.3 is 0 Å². The SMILES string of the molecule is Cc1cc(F)cc(-c2ccc(C=O)cc2)c1. The maximum atomic E-state index is 13.2. The number of halogens is 1. The minimum atomic E-state index is -0.241. The highest BCUT2D eigenvalue weighted by molar-refractivity contribution is 5.77. The molecule has 0 saturated carbocycles. The summed E-state index contributed by atoms with van der Waals surface area (Å²) < 4.78 is 13.2. The van der Waals surface area contributed by atoms with Crippen LogP contribution in [-0.4, -0.2) is 6.29 Å². The summed E-state index contributed by atoms with van der Waals surface area (Å²) in [6, 6.07) is 12.0. The summed E-state index contributed by atoms with van der Waals surface area (Å²) in [6.07, 6.45) is 0.792. The van der Waals surface area contributed by atoms with Crippen molar-refractivity contribution in [3.63, 3.8) is 0 Å². The zero-order valence-electron chi connectivity index (χ0n) is 8.91. The highest BCUT2D eigenvalue weighted by atomic mass is 19.1. The van der Waals surface area contributed by atoms with Crippen LogP contribution in [0.15, 0.2) is 42.5 Å². The number of rotatable bonds is 2. The summed E-state index contributed by atoms with van der Waals surface area (Å²) >= 11 is 0. The molecule has 80 valence electrons. The Morgan fingerprint density at radius 2 is 1.69 bits per heavy atom. The maximum Gasteiger partial charge on any atom is 0.150 e. The smallest absolute Gasteiger partial charge is 0.150 e. The third-order valence-electron chi connectivity index (χ3n) is 2.42. The van der Waals surface area contributed by atoms with Gasteiger partial charge in [-0.1, -0.05) is 30.3 Å². The molecule has 16 heavy (non-hydrogen) atoms. The molecule has 0 fully saturated rings. The molecular formula is C14H11FO. The van der Waals surface area contributed by atoms with Crippen LogP contribution in [0, 0.1) is 12.7 Å². The molecule has 2 heteroatoms. The van der Waals surface area contributed by atoms with E-state index in [1.807, 2.05) is 25.1 Å². The van der Waals surface area contributed by atoms with Crippen LogP contribution < -0.4 is 0 Å². The minimum Gasteiger partial charge on any atom is -0.298 e. The van der Waals surface area contributed by atoms with Crippen LogP contribution in [0.25, 0.3) is 11.1 Å². The van der Waals surface area contributed by atoms with Crippen molar-refractivity contribution < 1.29 is 9.18 Å². The van der Waals surface area contributed by atoms with Crippen molar-refractivity contribution in [3.8, 4) is 11.1 Å². The summed E-state index contributed by atoms with van der Waals surface area (Å²) in [5, 5.41) is 0. The summed E-state index contributed by atoms with van der Waals surface area (Å²) in [4.78, 5) is 10.5. The lowest BCUT2D eigenvalue weighted by Gasteiger charge is -2.03. The lowest BCUT2D eigenvalue weighted by Crippen LogP contribution is -1.84. The van der Waals surface area contributed by atoms with E-state index in [4.69, 9.17) is 0 Å². The van der Waals surface area contributed by atoms with Crippen molar-refractivity contribution in [2.45, 2.75) is 6.92 Å². The van der Waals surface area contributed by atoms with Gasteiger partial charge in [0.2, 0.25) is 0 Å². The first-order chi connectivity index (χ1) is 7.69. The average molecular weight is 214 g/mol. The first-order valence-electron chi connectivity index (χ1n) is 5.02. The summed E-state index contributed by atoms with van der Waals surface area (Å²) in [5.41, 5.74) is 3.24. The Kier molecular flexibility index (Phi) is 2.82. The molecule has 0 bridgehead atoms. The second-order valence-corrected chi connectivity index (χ2v) is 3.76. The summed E-state index contributed by atoms with van der Waals surface area (Å²) in [5.74, 6) is -0.241. The van der Waals surface area contributed by atoms with E-state index < -0.39 is 0 Å². The molecule has 2 rings (SSSR count). The Labute approximate surface area is 93.5 Å². The molecule has 0 aliphatic rings. The predicted octanol–water partition coefficient (Wildman–Crippen LogP) is 3.61. The zero-order valence-corrected chi connectivity index (χ0v) is 8.91. The van der Waals surface area contributed by atoms with E-state index in [9.17, 15) is 9.18 Å². The highest BCUT2D eigenvalue weighted by Gasteiger charge is 2.01. The van der Waals surface area contributed by atoms with Crippen LogP contribution >= 0.6 is 0 Å². The highest BCUT2D eigenvalue weighted by Crippen LogP contribution is 2.21. The van der Waals surface area contributed by atoms with E-state index in [1.54, 1.807) is 12.1 Å². The predicted molar refractivity (Wildman–Crippen MR) is 62.0 cm³/mol. The average Bonchev–Trinajstić information content (AvgIpc) is 2.28. The number of aryl methyl sites for hydroxylation is 1. The van der Waals surface area contributed by atoms with E-state index in [0.29, 0.717) is 5.56 Å². The lowest BCUT2D eigenvalue weighted by molar-refractivity contribution is 0.112. The van der Waals surface area contributed by atoms with Gasteiger partial charge in [-0.15, -0.1) is 0 Å². The van der Waals surface area contributed by atoms with E-state index in [0.717, 1.165) is 23.0 Å². The molecule has 0 unspecified atom stereocenters. The van der Waals surface area contributed by atoms with Gasteiger partial charge in [-0.05, 0) is 35.7 Å². The van der Waals surface area contributed by atoms with Gasteiger partial charge in [0.25, 0.3) is 0 Å². The lowest BCUT2D eigenvalue weighted by atomic mass is 10.0. The maximum absolute atomic E-state index is 13.2. The second kappa shape index (κ2) is 4.27. The molecule has 0 aliphatic heterocycles. The van der Waals surface area contributed by atoms with Crippen molar-refractivity contribution in [2.75, 3.05) is 0 Å². The van der Waals surface area contributed by atoms with E-state index >= 15 is 0 Å². The van der Waals surface area contributed by atoms with Gasteiger partial charge in [0.1, 0.15) is 12.1 Å². The summed E-state index contributed by atoms with van der Waals surface area (Å²) in [7, 11) is 0. The fraction of sp³-hybridized carbons (Fsp3) is 0.0714. The van der Waals surface area contributed by atoms with Crippen molar-refractivity contribution in [3.05, 3.63) is 59.4 Å². The Hall–Kier alpha value is -1.96. The van der Waals surface area contributed by atoms with Crippen LogP contribution in [0.2, 0.25) is 0 Å². The Morgan fingerprint density at radius 3 is 2.25 bits per heavy atom. The van der Waals surface area contributed by atoms with Gasteiger partial charge in [0.05, 0.1) is 0 Å². The molecule has 0 amide bonds. The zero-order chi connectivity index (χ0) is 11.5. The molecule has 0 heterocycles. The topological polar surface area (TPSA) is 17.1 Å². The molecule has 0 atom stereocenters. The van der Waals surface area contributed by atoms with E-state index in [-0.39, 0.29) is 5.82 Å². The molecule has 0 radical (unpaired) electrons. The van der Waals surface area contributed by atoms with E-state index in [1.165, 1.54) is 12.1 Å². The van der Waals surface area contributed by atoms with Gasteiger partial charge < -0.3 is 0 Å². The number of carbonyl (C=O) groups is 1. The third-order valence-corrected chi connectivity index (χ3v) is 2.42. The van der Waals surface area contributed by atoms with Gasteiger partial charge in [-0.3, -0.25) is 4.79 Å². The molecule has 2 aromatic rings. The Balaban J connectivity index is 2.45.